The van der Waals surface area contributed by atoms with Crippen LogP contribution in [0.4, 0.5) is 5.69 Å². The first-order valence-corrected chi connectivity index (χ1v) is 8.71. The third-order valence-electron chi connectivity index (χ3n) is 4.31. The molecule has 1 saturated carbocycles. The normalized spacial score (nSPS) is 12.9. The fraction of sp³-hybridized carbons (Fsp3) is 0.286. The van der Waals surface area contributed by atoms with Gasteiger partial charge >= 0.3 is 5.97 Å². The summed E-state index contributed by atoms with van der Waals surface area (Å²) in [5.74, 6) is -0.0927. The molecule has 0 spiro atoms. The molecule has 0 aliphatic heterocycles. The summed E-state index contributed by atoms with van der Waals surface area (Å²) in [5, 5.41) is 8.96. The highest BCUT2D eigenvalue weighted by Gasteiger charge is 2.28. The van der Waals surface area contributed by atoms with Crippen LogP contribution in [0.25, 0.3) is 0 Å². The van der Waals surface area contributed by atoms with E-state index in [0.717, 1.165) is 18.5 Å². The van der Waals surface area contributed by atoms with Crippen molar-refractivity contribution in [2.45, 2.75) is 19.8 Å². The lowest BCUT2D eigenvalue weighted by Gasteiger charge is -2.23. The molecule has 1 amide bonds. The van der Waals surface area contributed by atoms with Gasteiger partial charge in [0.15, 0.2) is 0 Å². The van der Waals surface area contributed by atoms with E-state index in [-0.39, 0.29) is 12.5 Å². The Morgan fingerprint density at radius 1 is 1.15 bits per heavy atom. The molecule has 1 fully saturated rings. The van der Waals surface area contributed by atoms with Crippen molar-refractivity contribution in [2.24, 2.45) is 5.92 Å². The van der Waals surface area contributed by atoms with Gasteiger partial charge in [-0.2, -0.15) is 5.26 Å². The topological polar surface area (TPSA) is 70.4 Å². The summed E-state index contributed by atoms with van der Waals surface area (Å²) in [6, 6.07) is 15.7. The summed E-state index contributed by atoms with van der Waals surface area (Å²) < 4.78 is 5.01. The van der Waals surface area contributed by atoms with E-state index < -0.39 is 5.97 Å². The summed E-state index contributed by atoms with van der Waals surface area (Å²) in [6.07, 6.45) is 2.23. The molecule has 26 heavy (non-hydrogen) atoms. The van der Waals surface area contributed by atoms with Crippen molar-refractivity contribution in [3.05, 3.63) is 65.2 Å². The molecule has 0 atom stereocenters. The molecule has 0 heterocycles. The van der Waals surface area contributed by atoms with Gasteiger partial charge in [0.05, 0.1) is 23.8 Å². The molecule has 5 heteroatoms. The second-order valence-corrected chi connectivity index (χ2v) is 6.32. The second kappa shape index (κ2) is 7.83. The Morgan fingerprint density at radius 3 is 2.46 bits per heavy atom. The molecular weight excluding hydrogens is 328 g/mol. The van der Waals surface area contributed by atoms with Gasteiger partial charge in [-0.25, -0.2) is 4.79 Å². The third kappa shape index (κ3) is 4.09. The Balaban J connectivity index is 1.88. The first-order valence-electron chi connectivity index (χ1n) is 8.71. The first-order chi connectivity index (χ1) is 12.6. The molecule has 2 aromatic rings. The summed E-state index contributed by atoms with van der Waals surface area (Å²) in [6.45, 7) is 2.67. The number of carbonyl (C=O) groups is 2. The lowest BCUT2D eigenvalue weighted by molar-refractivity contribution is 0.0526. The highest BCUT2D eigenvalue weighted by atomic mass is 16.5. The molecule has 5 nitrogen and oxygen atoms in total. The maximum absolute atomic E-state index is 13.1. The Kier molecular flexibility index (Phi) is 5.33. The number of ether oxygens (including phenoxy) is 1. The average Bonchev–Trinajstić information content (AvgIpc) is 3.50. The Labute approximate surface area is 152 Å². The molecule has 0 bridgehead atoms. The number of benzene rings is 2. The zero-order valence-electron chi connectivity index (χ0n) is 14.6. The second-order valence-electron chi connectivity index (χ2n) is 6.32. The van der Waals surface area contributed by atoms with Gasteiger partial charge in [0.25, 0.3) is 5.91 Å². The largest absolute Gasteiger partial charge is 0.462 e. The van der Waals surface area contributed by atoms with E-state index in [0.29, 0.717) is 29.2 Å². The van der Waals surface area contributed by atoms with Crippen LogP contribution in [0.1, 0.15) is 46.0 Å². The van der Waals surface area contributed by atoms with Gasteiger partial charge in [0, 0.05) is 17.8 Å². The lowest BCUT2D eigenvalue weighted by Crippen LogP contribution is -2.33. The van der Waals surface area contributed by atoms with Gasteiger partial charge < -0.3 is 9.64 Å². The van der Waals surface area contributed by atoms with Crippen molar-refractivity contribution < 1.29 is 14.3 Å². The van der Waals surface area contributed by atoms with E-state index in [1.807, 2.05) is 0 Å². The van der Waals surface area contributed by atoms with E-state index in [2.05, 4.69) is 6.07 Å². The zero-order chi connectivity index (χ0) is 18.5. The quantitative estimate of drug-likeness (QED) is 0.745. The first kappa shape index (κ1) is 17.7. The van der Waals surface area contributed by atoms with Crippen LogP contribution in [0.5, 0.6) is 0 Å². The molecule has 0 unspecified atom stereocenters. The fourth-order valence-electron chi connectivity index (χ4n) is 2.73. The van der Waals surface area contributed by atoms with Gasteiger partial charge in [-0.1, -0.05) is 6.07 Å². The number of nitrogens with zero attached hydrogens (tertiary/aromatic N) is 2. The number of hydrogen-bond donors (Lipinski definition) is 0. The molecule has 132 valence electrons. The SMILES string of the molecule is CCOC(=O)c1cccc(C(=O)N(CC2CC2)c2ccc(C#N)cc2)c1. The average molecular weight is 348 g/mol. The smallest absolute Gasteiger partial charge is 0.338 e. The highest BCUT2D eigenvalue weighted by Crippen LogP contribution is 2.32. The zero-order valence-corrected chi connectivity index (χ0v) is 14.6. The van der Waals surface area contributed by atoms with E-state index in [4.69, 9.17) is 10.00 Å². The maximum atomic E-state index is 13.1. The van der Waals surface area contributed by atoms with Crippen molar-refractivity contribution in [3.63, 3.8) is 0 Å². The van der Waals surface area contributed by atoms with Crippen LogP contribution >= 0.6 is 0 Å². The van der Waals surface area contributed by atoms with E-state index in [9.17, 15) is 9.59 Å². The maximum Gasteiger partial charge on any atom is 0.338 e. The number of carbonyl (C=O) groups excluding carboxylic acids is 2. The molecule has 0 N–H and O–H groups in total. The molecule has 0 radical (unpaired) electrons. The molecule has 0 saturated heterocycles. The number of rotatable bonds is 6. The predicted octanol–water partition coefficient (Wildman–Crippen LogP) is 3.79. The molecular formula is C21H20N2O3. The predicted molar refractivity (Wildman–Crippen MR) is 98.0 cm³/mol. The molecule has 1 aliphatic carbocycles. The van der Waals surface area contributed by atoms with Crippen molar-refractivity contribution in [1.29, 1.82) is 5.26 Å². The Hall–Kier alpha value is -3.13. The van der Waals surface area contributed by atoms with Crippen LogP contribution in [0.2, 0.25) is 0 Å². The van der Waals surface area contributed by atoms with Gasteiger partial charge in [-0.3, -0.25) is 4.79 Å². The fourth-order valence-corrected chi connectivity index (χ4v) is 2.73. The van der Waals surface area contributed by atoms with Crippen molar-refractivity contribution in [3.8, 4) is 6.07 Å². The number of nitriles is 1. The van der Waals surface area contributed by atoms with E-state index >= 15 is 0 Å². The minimum atomic E-state index is -0.436. The molecule has 2 aromatic carbocycles. The van der Waals surface area contributed by atoms with Crippen molar-refractivity contribution in [1.82, 2.24) is 0 Å². The number of hydrogen-bond acceptors (Lipinski definition) is 4. The highest BCUT2D eigenvalue weighted by molar-refractivity contribution is 6.07. The van der Waals surface area contributed by atoms with Gasteiger partial charge in [0.1, 0.15) is 0 Å². The lowest BCUT2D eigenvalue weighted by atomic mass is 10.1. The number of amides is 1. The standard InChI is InChI=1S/C21H20N2O3/c1-2-26-21(25)18-5-3-4-17(12-18)20(24)23(14-16-6-7-16)19-10-8-15(13-22)9-11-19/h3-5,8-12,16H,2,6-7,14H2,1H3. The van der Waals surface area contributed by atoms with Crippen molar-refractivity contribution >= 4 is 17.6 Å². The van der Waals surface area contributed by atoms with E-state index in [1.165, 1.54) is 0 Å². The third-order valence-corrected chi connectivity index (χ3v) is 4.31. The van der Waals surface area contributed by atoms with Crippen molar-refractivity contribution in [2.75, 3.05) is 18.1 Å². The van der Waals surface area contributed by atoms with E-state index in [1.54, 1.807) is 60.4 Å². The minimum absolute atomic E-state index is 0.159. The Bertz CT molecular complexity index is 848. The van der Waals surface area contributed by atoms with Gasteiger partial charge in [-0.05, 0) is 68.1 Å². The van der Waals surface area contributed by atoms with Gasteiger partial charge in [-0.15, -0.1) is 0 Å². The number of esters is 1. The minimum Gasteiger partial charge on any atom is -0.462 e. The van der Waals surface area contributed by atoms with Gasteiger partial charge in [0.2, 0.25) is 0 Å². The summed E-state index contributed by atoms with van der Waals surface area (Å²) in [5.41, 5.74) is 2.11. The summed E-state index contributed by atoms with van der Waals surface area (Å²) >= 11 is 0. The van der Waals surface area contributed by atoms with Crippen LogP contribution < -0.4 is 4.90 Å². The molecule has 3 rings (SSSR count). The van der Waals surface area contributed by atoms with Crippen LogP contribution in [-0.4, -0.2) is 25.0 Å². The number of anilines is 1. The summed E-state index contributed by atoms with van der Waals surface area (Å²) in [4.78, 5) is 26.8. The van der Waals surface area contributed by atoms with Crippen LogP contribution in [0.3, 0.4) is 0 Å². The van der Waals surface area contributed by atoms with Crippen LogP contribution in [0.15, 0.2) is 48.5 Å². The molecule has 0 aromatic heterocycles. The van der Waals surface area contributed by atoms with Crippen LogP contribution in [0, 0.1) is 17.2 Å². The summed E-state index contributed by atoms with van der Waals surface area (Å²) in [7, 11) is 0. The monoisotopic (exact) mass is 348 g/mol. The molecule has 1 aliphatic rings. The van der Waals surface area contributed by atoms with Crippen LogP contribution in [-0.2, 0) is 4.74 Å². The Morgan fingerprint density at radius 2 is 1.85 bits per heavy atom.